The summed E-state index contributed by atoms with van der Waals surface area (Å²) in [7, 11) is 0. The topological polar surface area (TPSA) is 103 Å². The van der Waals surface area contributed by atoms with Gasteiger partial charge in [-0.15, -0.1) is 0 Å². The molecule has 1 N–H and O–H groups in total. The Morgan fingerprint density at radius 2 is 2.02 bits per heavy atom. The fourth-order valence-corrected chi connectivity index (χ4v) is 5.24. The number of nitrogens with zero attached hydrogens (tertiary/aromatic N) is 5. The van der Waals surface area contributed by atoms with Crippen LogP contribution in [0, 0.1) is 5.82 Å². The average Bonchev–Trinajstić information content (AvgIpc) is 3.24. The van der Waals surface area contributed by atoms with Crippen molar-refractivity contribution < 1.29 is 36.9 Å². The van der Waals surface area contributed by atoms with Crippen LogP contribution < -0.4 is 4.74 Å². The van der Waals surface area contributed by atoms with Gasteiger partial charge in [0.15, 0.2) is 0 Å². The highest BCUT2D eigenvalue weighted by Gasteiger charge is 2.37. The zero-order valence-electron chi connectivity index (χ0n) is 22.0. The normalized spacial score (nSPS) is 17.2. The van der Waals surface area contributed by atoms with Crippen molar-refractivity contribution in [2.75, 3.05) is 13.2 Å². The van der Waals surface area contributed by atoms with Gasteiger partial charge in [-0.05, 0) is 42.7 Å². The molecule has 0 unspecified atom stereocenters. The molecule has 6 rings (SSSR count). The highest BCUT2D eigenvalue weighted by molar-refractivity contribution is 6.30. The molecule has 0 aliphatic carbocycles. The van der Waals surface area contributed by atoms with Gasteiger partial charge >= 0.3 is 12.1 Å². The maximum atomic E-state index is 14.2. The molecule has 220 valence electrons. The van der Waals surface area contributed by atoms with Crippen LogP contribution in [0.1, 0.15) is 45.1 Å². The van der Waals surface area contributed by atoms with E-state index in [-0.39, 0.29) is 28.9 Å². The van der Waals surface area contributed by atoms with Crippen molar-refractivity contribution in [2.45, 2.75) is 51.4 Å². The lowest BCUT2D eigenvalue weighted by atomic mass is 10.0. The number of fused-ring (bicyclic) bond motifs is 2. The number of imidazole rings is 1. The molecule has 0 spiro atoms. The Labute approximate surface area is 241 Å². The highest BCUT2D eigenvalue weighted by Crippen LogP contribution is 2.38. The number of carbonyl (C=O) groups is 1. The van der Waals surface area contributed by atoms with Crippen LogP contribution in [0.5, 0.6) is 5.88 Å². The minimum absolute atomic E-state index is 0.00461. The molecule has 42 heavy (non-hydrogen) atoms. The van der Waals surface area contributed by atoms with Crippen molar-refractivity contribution in [3.8, 4) is 5.88 Å². The largest absolute Gasteiger partial charge is 0.477 e. The molecule has 9 nitrogen and oxygen atoms in total. The van der Waals surface area contributed by atoms with Crippen molar-refractivity contribution in [3.05, 3.63) is 81.3 Å². The Kier molecular flexibility index (Phi) is 7.50. The molecule has 1 saturated heterocycles. The first-order valence-corrected chi connectivity index (χ1v) is 13.5. The van der Waals surface area contributed by atoms with Crippen LogP contribution in [0.15, 0.2) is 36.5 Å². The monoisotopic (exact) mass is 605 g/mol. The lowest BCUT2D eigenvalue weighted by Crippen LogP contribution is -2.34. The SMILES string of the molecule is O=C(O)c1cc2nc(CN3CCc4cc(C(F)(F)F)c(OCc5ccc(Cl)cc5F)nc4C3)n(C[C@@H]3CCO3)c2cn1. The van der Waals surface area contributed by atoms with Gasteiger partial charge in [0.05, 0.1) is 42.1 Å². The molecular weight excluding hydrogens is 582 g/mol. The molecule has 0 saturated carbocycles. The van der Waals surface area contributed by atoms with Gasteiger partial charge in [0.1, 0.15) is 29.5 Å². The van der Waals surface area contributed by atoms with Crippen molar-refractivity contribution in [1.82, 2.24) is 24.4 Å². The summed E-state index contributed by atoms with van der Waals surface area (Å²) >= 11 is 5.77. The number of carboxylic acids is 1. The third-order valence-corrected chi connectivity index (χ3v) is 7.62. The minimum atomic E-state index is -4.72. The Bertz CT molecular complexity index is 1670. The zero-order valence-corrected chi connectivity index (χ0v) is 22.8. The van der Waals surface area contributed by atoms with E-state index in [4.69, 9.17) is 21.1 Å². The molecule has 14 heteroatoms. The minimum Gasteiger partial charge on any atom is -0.477 e. The molecule has 1 aromatic carbocycles. The molecule has 5 heterocycles. The summed E-state index contributed by atoms with van der Waals surface area (Å²) in [5.41, 5.74) is 0.918. The number of hydrogen-bond acceptors (Lipinski definition) is 7. The number of pyridine rings is 2. The third kappa shape index (κ3) is 5.76. The summed E-state index contributed by atoms with van der Waals surface area (Å²) in [6, 6.07) is 6.30. The number of alkyl halides is 3. The van der Waals surface area contributed by atoms with Crippen LogP contribution in [0.4, 0.5) is 17.6 Å². The summed E-state index contributed by atoms with van der Waals surface area (Å²) in [5.74, 6) is -1.83. The second-order valence-corrected chi connectivity index (χ2v) is 10.6. The standard InChI is InChI=1S/C28H24ClF4N5O4/c29-17-2-1-16(20(30)8-17)14-42-26-19(28(31,32)33)7-15-3-5-37(12-23(15)36-26)13-25-35-21-9-22(27(39)40)34-10-24(21)38(25)11-18-4-6-41-18/h1-2,7-10,18H,3-6,11-14H2,(H,39,40)/t18-/m0/s1. The molecular formula is C28H24ClF4N5O4. The second kappa shape index (κ2) is 11.1. The van der Waals surface area contributed by atoms with Crippen molar-refractivity contribution >= 4 is 28.6 Å². The molecule has 1 fully saturated rings. The molecule has 2 aliphatic rings. The van der Waals surface area contributed by atoms with Crippen LogP contribution in [-0.2, 0) is 43.6 Å². The summed E-state index contributed by atoms with van der Waals surface area (Å²) in [4.78, 5) is 26.4. The predicted octanol–water partition coefficient (Wildman–Crippen LogP) is 5.26. The van der Waals surface area contributed by atoms with Crippen LogP contribution in [0.2, 0.25) is 5.02 Å². The Morgan fingerprint density at radius 3 is 2.71 bits per heavy atom. The first-order valence-electron chi connectivity index (χ1n) is 13.1. The van der Waals surface area contributed by atoms with Gasteiger partial charge in [0.25, 0.3) is 0 Å². The van der Waals surface area contributed by atoms with Gasteiger partial charge in [-0.2, -0.15) is 13.2 Å². The highest BCUT2D eigenvalue weighted by atomic mass is 35.5. The summed E-state index contributed by atoms with van der Waals surface area (Å²) in [6.07, 6.45) is -2.05. The first-order chi connectivity index (χ1) is 20.0. The van der Waals surface area contributed by atoms with E-state index in [9.17, 15) is 27.5 Å². The van der Waals surface area contributed by atoms with Crippen molar-refractivity contribution in [1.29, 1.82) is 0 Å². The number of rotatable bonds is 8. The molecule has 0 amide bonds. The van der Waals surface area contributed by atoms with Gasteiger partial charge in [0.2, 0.25) is 5.88 Å². The van der Waals surface area contributed by atoms with E-state index >= 15 is 0 Å². The average molecular weight is 606 g/mol. The molecule has 3 aromatic heterocycles. The summed E-state index contributed by atoms with van der Waals surface area (Å²) in [6.45, 7) is 1.72. The van der Waals surface area contributed by atoms with Crippen LogP contribution >= 0.6 is 11.6 Å². The van der Waals surface area contributed by atoms with Crippen LogP contribution in [0.3, 0.4) is 0 Å². The van der Waals surface area contributed by atoms with Gasteiger partial charge in [-0.25, -0.2) is 24.1 Å². The molecule has 1 atom stereocenters. The van der Waals surface area contributed by atoms with Gasteiger partial charge in [-0.1, -0.05) is 17.7 Å². The predicted molar refractivity (Wildman–Crippen MR) is 142 cm³/mol. The second-order valence-electron chi connectivity index (χ2n) is 10.2. The number of ether oxygens (including phenoxy) is 2. The maximum Gasteiger partial charge on any atom is 0.421 e. The smallest absolute Gasteiger partial charge is 0.421 e. The zero-order chi connectivity index (χ0) is 29.6. The van der Waals surface area contributed by atoms with E-state index in [2.05, 4.69) is 15.0 Å². The molecule has 4 aromatic rings. The van der Waals surface area contributed by atoms with Crippen LogP contribution in [-0.4, -0.2) is 54.8 Å². The number of hydrogen-bond donors (Lipinski definition) is 1. The molecule has 0 radical (unpaired) electrons. The quantitative estimate of drug-likeness (QED) is 0.271. The van der Waals surface area contributed by atoms with Gasteiger partial charge in [-0.3, -0.25) is 4.90 Å². The van der Waals surface area contributed by atoms with Crippen molar-refractivity contribution in [3.63, 3.8) is 0 Å². The van der Waals surface area contributed by atoms with Gasteiger partial charge < -0.3 is 19.1 Å². The number of halogens is 5. The number of aromatic carboxylic acids is 1. The van der Waals surface area contributed by atoms with Crippen LogP contribution in [0.25, 0.3) is 11.0 Å². The number of benzene rings is 1. The molecule has 0 bridgehead atoms. The Balaban J connectivity index is 1.27. The van der Waals surface area contributed by atoms with E-state index in [1.54, 1.807) is 0 Å². The van der Waals surface area contributed by atoms with E-state index in [1.165, 1.54) is 24.4 Å². The van der Waals surface area contributed by atoms with Gasteiger partial charge in [0, 0.05) is 30.3 Å². The first kappa shape index (κ1) is 28.3. The fraction of sp³-hybridized carbons (Fsp3) is 0.357. The molecule has 2 aliphatic heterocycles. The van der Waals surface area contributed by atoms with Crippen molar-refractivity contribution in [2.24, 2.45) is 0 Å². The third-order valence-electron chi connectivity index (χ3n) is 7.39. The fourth-order valence-electron chi connectivity index (χ4n) is 5.08. The number of carboxylic acid groups (broad SMARTS) is 1. The van der Waals surface area contributed by atoms with E-state index in [1.807, 2.05) is 9.47 Å². The lowest BCUT2D eigenvalue weighted by Gasteiger charge is -2.30. The van der Waals surface area contributed by atoms with E-state index < -0.39 is 36.0 Å². The Morgan fingerprint density at radius 1 is 1.21 bits per heavy atom. The summed E-state index contributed by atoms with van der Waals surface area (Å²) < 4.78 is 69.0. The van der Waals surface area contributed by atoms with E-state index in [0.717, 1.165) is 18.6 Å². The number of aromatic nitrogens is 4. The Hall–Kier alpha value is -3.81. The maximum absolute atomic E-state index is 14.2. The van der Waals surface area contributed by atoms with E-state index in [0.29, 0.717) is 60.8 Å². The lowest BCUT2D eigenvalue weighted by molar-refractivity contribution is -0.139. The summed E-state index contributed by atoms with van der Waals surface area (Å²) in [5, 5.41) is 9.51.